The number of amides is 1. The molecule has 2 aromatic carbocycles. The first-order valence-corrected chi connectivity index (χ1v) is 13.8. The second-order valence-electron chi connectivity index (χ2n) is 12.0. The average molecular weight is 530 g/mol. The molecule has 4 nitrogen and oxygen atoms in total. The molecule has 0 aromatic heterocycles. The van der Waals surface area contributed by atoms with E-state index in [-0.39, 0.29) is 24.2 Å². The van der Waals surface area contributed by atoms with Crippen molar-refractivity contribution in [3.8, 4) is 0 Å². The third kappa shape index (κ3) is 4.29. The molecule has 3 aliphatic heterocycles. The summed E-state index contributed by atoms with van der Waals surface area (Å²) in [6.45, 7) is 6.90. The Balaban J connectivity index is 1.15. The molecule has 4 unspecified atom stereocenters. The quantitative estimate of drug-likeness (QED) is 0.463. The van der Waals surface area contributed by atoms with Gasteiger partial charge in [0.25, 0.3) is 0 Å². The summed E-state index contributed by atoms with van der Waals surface area (Å²) in [5.74, 6) is 0.0344. The maximum atomic E-state index is 14.1. The number of piperazine rings is 1. The zero-order chi connectivity index (χ0) is 26.8. The van der Waals surface area contributed by atoms with E-state index in [1.807, 2.05) is 17.0 Å². The highest BCUT2D eigenvalue weighted by molar-refractivity contribution is 5.84. The fourth-order valence-corrected chi connectivity index (χ4v) is 7.61. The molecule has 204 valence electrons. The van der Waals surface area contributed by atoms with Gasteiger partial charge in [0.2, 0.25) is 5.91 Å². The first kappa shape index (κ1) is 25.7. The van der Waals surface area contributed by atoms with Crippen molar-refractivity contribution in [1.29, 1.82) is 0 Å². The number of anilines is 1. The summed E-state index contributed by atoms with van der Waals surface area (Å²) < 4.78 is 53.3. The molecular weight excluding hydrogens is 494 g/mol. The van der Waals surface area contributed by atoms with Gasteiger partial charge in [-0.05, 0) is 85.5 Å². The molecular formula is C30H35F4N3O. The SMILES string of the molecule is CC(C)C1(C(=O)N2CCc3ccc(C(F)(F)F)cc3C2)CCC(N2CC3CC2CN3c2ccc(F)cc2)C1. The van der Waals surface area contributed by atoms with Crippen LogP contribution in [0.15, 0.2) is 42.5 Å². The summed E-state index contributed by atoms with van der Waals surface area (Å²) in [7, 11) is 0. The van der Waals surface area contributed by atoms with Gasteiger partial charge in [0, 0.05) is 50.0 Å². The minimum atomic E-state index is -4.39. The molecule has 1 saturated carbocycles. The van der Waals surface area contributed by atoms with Gasteiger partial charge < -0.3 is 9.80 Å². The zero-order valence-electron chi connectivity index (χ0n) is 22.0. The summed E-state index contributed by atoms with van der Waals surface area (Å²) in [5.41, 5.74) is 1.45. The number of carbonyl (C=O) groups is 1. The lowest BCUT2D eigenvalue weighted by molar-refractivity contribution is -0.146. The van der Waals surface area contributed by atoms with E-state index in [2.05, 4.69) is 23.6 Å². The van der Waals surface area contributed by atoms with Crippen LogP contribution in [0.25, 0.3) is 0 Å². The number of fused-ring (bicyclic) bond motifs is 3. The van der Waals surface area contributed by atoms with Gasteiger partial charge in [0.05, 0.1) is 11.0 Å². The predicted octanol–water partition coefficient (Wildman–Crippen LogP) is 5.89. The number of hydrogen-bond acceptors (Lipinski definition) is 3. The van der Waals surface area contributed by atoms with Crippen molar-refractivity contribution < 1.29 is 22.4 Å². The van der Waals surface area contributed by atoms with Crippen LogP contribution in [0.3, 0.4) is 0 Å². The Kier molecular flexibility index (Phi) is 6.24. The fraction of sp³-hybridized carbons (Fsp3) is 0.567. The van der Waals surface area contributed by atoms with Gasteiger partial charge in [-0.1, -0.05) is 19.9 Å². The molecule has 0 radical (unpaired) electrons. The monoisotopic (exact) mass is 529 g/mol. The van der Waals surface area contributed by atoms with Crippen LogP contribution in [-0.4, -0.2) is 53.5 Å². The van der Waals surface area contributed by atoms with Crippen molar-refractivity contribution >= 4 is 11.6 Å². The van der Waals surface area contributed by atoms with E-state index in [1.165, 1.54) is 18.2 Å². The minimum Gasteiger partial charge on any atom is -0.366 e. The Morgan fingerprint density at radius 1 is 1.00 bits per heavy atom. The van der Waals surface area contributed by atoms with Crippen LogP contribution in [0.1, 0.15) is 56.2 Å². The maximum Gasteiger partial charge on any atom is 0.416 e. The van der Waals surface area contributed by atoms with Crippen LogP contribution < -0.4 is 4.90 Å². The van der Waals surface area contributed by atoms with E-state index < -0.39 is 17.2 Å². The Morgan fingerprint density at radius 2 is 1.76 bits per heavy atom. The maximum absolute atomic E-state index is 14.1. The number of rotatable bonds is 4. The third-order valence-corrected chi connectivity index (χ3v) is 9.80. The summed E-state index contributed by atoms with van der Waals surface area (Å²) in [6.07, 6.45) is -0.134. The van der Waals surface area contributed by atoms with Crippen molar-refractivity contribution in [1.82, 2.24) is 9.80 Å². The highest BCUT2D eigenvalue weighted by atomic mass is 19.4. The van der Waals surface area contributed by atoms with Crippen LogP contribution in [0.5, 0.6) is 0 Å². The van der Waals surface area contributed by atoms with Gasteiger partial charge in [-0.2, -0.15) is 13.2 Å². The summed E-state index contributed by atoms with van der Waals surface area (Å²) in [5, 5.41) is 0. The van der Waals surface area contributed by atoms with Gasteiger partial charge in [-0.25, -0.2) is 4.39 Å². The van der Waals surface area contributed by atoms with Crippen LogP contribution in [0, 0.1) is 17.2 Å². The molecule has 8 heteroatoms. The van der Waals surface area contributed by atoms with Gasteiger partial charge in [0.15, 0.2) is 0 Å². The molecule has 3 fully saturated rings. The van der Waals surface area contributed by atoms with Crippen LogP contribution in [-0.2, 0) is 23.9 Å². The highest BCUT2D eigenvalue weighted by Gasteiger charge is 2.54. The van der Waals surface area contributed by atoms with E-state index in [0.29, 0.717) is 36.7 Å². The highest BCUT2D eigenvalue weighted by Crippen LogP contribution is 2.50. The third-order valence-electron chi connectivity index (χ3n) is 9.80. The Bertz CT molecular complexity index is 1210. The molecule has 1 aliphatic carbocycles. The van der Waals surface area contributed by atoms with Crippen molar-refractivity contribution in [2.45, 2.75) is 76.8 Å². The topological polar surface area (TPSA) is 26.8 Å². The number of alkyl halides is 3. The molecule has 6 rings (SSSR count). The molecule has 4 atom stereocenters. The van der Waals surface area contributed by atoms with Gasteiger partial charge in [-0.15, -0.1) is 0 Å². The van der Waals surface area contributed by atoms with Crippen LogP contribution in [0.4, 0.5) is 23.2 Å². The number of halogens is 4. The lowest BCUT2D eigenvalue weighted by Crippen LogP contribution is -2.51. The molecule has 38 heavy (non-hydrogen) atoms. The van der Waals surface area contributed by atoms with Crippen LogP contribution >= 0.6 is 0 Å². The number of carbonyl (C=O) groups excluding carboxylic acids is 1. The second kappa shape index (κ2) is 9.25. The number of likely N-dealkylation sites (tertiary alicyclic amines) is 1. The number of benzene rings is 2. The van der Waals surface area contributed by atoms with E-state index in [1.54, 1.807) is 6.07 Å². The van der Waals surface area contributed by atoms with E-state index >= 15 is 0 Å². The standard InChI is InChI=1S/C30H35F4N3O/c1-19(2)29(28(38)35-12-10-20-3-4-22(30(32,33)34)13-21(20)16-35)11-9-25(15-29)37-18-26-14-27(37)17-36(26)24-7-5-23(31)6-8-24/h3-8,13,19,25-27H,9-12,14-18H2,1-2H3. The summed E-state index contributed by atoms with van der Waals surface area (Å²) in [4.78, 5) is 20.9. The van der Waals surface area contributed by atoms with E-state index in [9.17, 15) is 22.4 Å². The number of nitrogens with zero attached hydrogens (tertiary/aromatic N) is 3. The average Bonchev–Trinajstić information content (AvgIpc) is 3.62. The Labute approximate surface area is 221 Å². The molecule has 0 N–H and O–H groups in total. The fourth-order valence-electron chi connectivity index (χ4n) is 7.61. The lowest BCUT2D eigenvalue weighted by atomic mass is 9.73. The van der Waals surface area contributed by atoms with Crippen molar-refractivity contribution in [2.24, 2.45) is 11.3 Å². The normalized spacial score (nSPS) is 29.4. The molecule has 2 bridgehead atoms. The first-order chi connectivity index (χ1) is 18.0. The predicted molar refractivity (Wildman–Crippen MR) is 138 cm³/mol. The summed E-state index contributed by atoms with van der Waals surface area (Å²) >= 11 is 0. The largest absolute Gasteiger partial charge is 0.416 e. The Morgan fingerprint density at radius 3 is 2.42 bits per heavy atom. The lowest BCUT2D eigenvalue weighted by Gasteiger charge is -2.42. The molecule has 2 saturated heterocycles. The van der Waals surface area contributed by atoms with Gasteiger partial charge in [0.1, 0.15) is 5.82 Å². The van der Waals surface area contributed by atoms with E-state index in [0.717, 1.165) is 56.1 Å². The molecule has 3 heterocycles. The zero-order valence-corrected chi connectivity index (χ0v) is 22.0. The van der Waals surface area contributed by atoms with Crippen LogP contribution in [0.2, 0.25) is 0 Å². The van der Waals surface area contributed by atoms with Crippen molar-refractivity contribution in [3.05, 3.63) is 65.0 Å². The molecule has 4 aliphatic rings. The number of hydrogen-bond donors (Lipinski definition) is 0. The van der Waals surface area contributed by atoms with Gasteiger partial charge in [-0.3, -0.25) is 9.69 Å². The molecule has 1 amide bonds. The summed E-state index contributed by atoms with van der Waals surface area (Å²) in [6, 6.07) is 11.8. The van der Waals surface area contributed by atoms with Gasteiger partial charge >= 0.3 is 6.18 Å². The minimum absolute atomic E-state index is 0.107. The second-order valence-corrected chi connectivity index (χ2v) is 12.0. The van der Waals surface area contributed by atoms with Crippen molar-refractivity contribution in [2.75, 3.05) is 24.5 Å². The Hall–Kier alpha value is -2.61. The molecule has 2 aromatic rings. The smallest absolute Gasteiger partial charge is 0.366 e. The molecule has 0 spiro atoms. The van der Waals surface area contributed by atoms with E-state index in [4.69, 9.17) is 0 Å². The first-order valence-electron chi connectivity index (χ1n) is 13.8. The van der Waals surface area contributed by atoms with Crippen molar-refractivity contribution in [3.63, 3.8) is 0 Å².